The van der Waals surface area contributed by atoms with Crippen LogP contribution < -0.4 is 10.2 Å². The predicted molar refractivity (Wildman–Crippen MR) is 106 cm³/mol. The summed E-state index contributed by atoms with van der Waals surface area (Å²) in [6.07, 6.45) is 2.34. The highest BCUT2D eigenvalue weighted by Gasteiger charge is 2.18. The van der Waals surface area contributed by atoms with Gasteiger partial charge in [0.2, 0.25) is 0 Å². The van der Waals surface area contributed by atoms with Crippen LogP contribution in [0.1, 0.15) is 30.1 Å². The molecule has 0 aliphatic carbocycles. The highest BCUT2D eigenvalue weighted by molar-refractivity contribution is 6.36. The van der Waals surface area contributed by atoms with Gasteiger partial charge < -0.3 is 10.2 Å². The number of nitrogens with one attached hydrogen (secondary N) is 1. The Morgan fingerprint density at radius 1 is 1.04 bits per heavy atom. The van der Waals surface area contributed by atoms with Crippen molar-refractivity contribution in [2.24, 2.45) is 5.92 Å². The topological polar surface area (TPSA) is 32.3 Å². The molecule has 3 rings (SSSR count). The van der Waals surface area contributed by atoms with Gasteiger partial charge in [0.05, 0.1) is 21.3 Å². The van der Waals surface area contributed by atoms with Crippen LogP contribution in [0.15, 0.2) is 36.4 Å². The van der Waals surface area contributed by atoms with Crippen molar-refractivity contribution in [3.8, 4) is 0 Å². The SMILES string of the molecule is CC1CCN(c2ccc(NC(=O)c3cc(Cl)ccc3Cl)cc2Cl)CC1. The summed E-state index contributed by atoms with van der Waals surface area (Å²) in [5, 5.41) is 4.26. The Morgan fingerprint density at radius 2 is 1.76 bits per heavy atom. The first-order valence-corrected chi connectivity index (χ1v) is 9.38. The van der Waals surface area contributed by atoms with Crippen LogP contribution in [0.4, 0.5) is 11.4 Å². The van der Waals surface area contributed by atoms with E-state index >= 15 is 0 Å². The predicted octanol–water partition coefficient (Wildman–Crippen LogP) is 6.14. The fraction of sp³-hybridized carbons (Fsp3) is 0.316. The number of carbonyl (C=O) groups is 1. The van der Waals surface area contributed by atoms with Gasteiger partial charge in [0, 0.05) is 23.8 Å². The first kappa shape index (κ1) is 18.4. The summed E-state index contributed by atoms with van der Waals surface area (Å²) in [6, 6.07) is 10.4. The third-order valence-electron chi connectivity index (χ3n) is 4.50. The van der Waals surface area contributed by atoms with Gasteiger partial charge >= 0.3 is 0 Å². The number of anilines is 2. The average molecular weight is 398 g/mol. The molecule has 1 N–H and O–H groups in total. The lowest BCUT2D eigenvalue weighted by atomic mass is 9.99. The number of halogens is 3. The highest BCUT2D eigenvalue weighted by atomic mass is 35.5. The van der Waals surface area contributed by atoms with Crippen molar-refractivity contribution < 1.29 is 4.79 Å². The van der Waals surface area contributed by atoms with Crippen LogP contribution in [0.2, 0.25) is 15.1 Å². The van der Waals surface area contributed by atoms with Crippen molar-refractivity contribution in [1.29, 1.82) is 0 Å². The molecule has 1 heterocycles. The summed E-state index contributed by atoms with van der Waals surface area (Å²) >= 11 is 18.5. The summed E-state index contributed by atoms with van der Waals surface area (Å²) < 4.78 is 0. The molecular weight excluding hydrogens is 379 g/mol. The molecule has 0 aromatic heterocycles. The Hall–Kier alpha value is -1.42. The maximum atomic E-state index is 12.4. The maximum absolute atomic E-state index is 12.4. The maximum Gasteiger partial charge on any atom is 0.257 e. The molecule has 2 aromatic rings. The number of hydrogen-bond acceptors (Lipinski definition) is 2. The van der Waals surface area contributed by atoms with E-state index in [9.17, 15) is 4.79 Å². The number of piperidine rings is 1. The van der Waals surface area contributed by atoms with Crippen LogP contribution in [0.5, 0.6) is 0 Å². The van der Waals surface area contributed by atoms with E-state index in [1.807, 2.05) is 12.1 Å². The molecule has 0 spiro atoms. The molecule has 0 saturated carbocycles. The van der Waals surface area contributed by atoms with Crippen LogP contribution >= 0.6 is 34.8 Å². The van der Waals surface area contributed by atoms with E-state index in [2.05, 4.69) is 17.1 Å². The van der Waals surface area contributed by atoms with Gasteiger partial charge in [0.1, 0.15) is 0 Å². The van der Waals surface area contributed by atoms with E-state index in [0.717, 1.165) is 24.7 Å². The summed E-state index contributed by atoms with van der Waals surface area (Å²) in [6.45, 7) is 4.29. The second-order valence-electron chi connectivity index (χ2n) is 6.41. The van der Waals surface area contributed by atoms with E-state index in [0.29, 0.717) is 26.3 Å². The summed E-state index contributed by atoms with van der Waals surface area (Å²) in [5.74, 6) is 0.444. The molecule has 0 atom stereocenters. The summed E-state index contributed by atoms with van der Waals surface area (Å²) in [5.41, 5.74) is 1.96. The zero-order chi connectivity index (χ0) is 18.0. The van der Waals surface area contributed by atoms with Gasteiger partial charge in [0.15, 0.2) is 0 Å². The second-order valence-corrected chi connectivity index (χ2v) is 7.66. The molecule has 1 aliphatic heterocycles. The van der Waals surface area contributed by atoms with E-state index < -0.39 is 0 Å². The van der Waals surface area contributed by atoms with E-state index in [1.165, 1.54) is 12.8 Å². The lowest BCUT2D eigenvalue weighted by molar-refractivity contribution is 0.102. The number of rotatable bonds is 3. The Kier molecular flexibility index (Phi) is 5.78. The largest absolute Gasteiger partial charge is 0.370 e. The molecule has 1 fully saturated rings. The Labute approximate surface area is 162 Å². The lowest BCUT2D eigenvalue weighted by Crippen LogP contribution is -2.32. The summed E-state index contributed by atoms with van der Waals surface area (Å²) in [7, 11) is 0. The van der Waals surface area contributed by atoms with Crippen molar-refractivity contribution in [1.82, 2.24) is 0 Å². The van der Waals surface area contributed by atoms with Crippen molar-refractivity contribution >= 4 is 52.1 Å². The molecule has 1 amide bonds. The fourth-order valence-corrected chi connectivity index (χ4v) is 3.64. The lowest BCUT2D eigenvalue weighted by Gasteiger charge is -2.32. The fourth-order valence-electron chi connectivity index (χ4n) is 2.96. The summed E-state index contributed by atoms with van der Waals surface area (Å²) in [4.78, 5) is 14.7. The number of nitrogens with zero attached hydrogens (tertiary/aromatic N) is 1. The molecule has 1 saturated heterocycles. The van der Waals surface area contributed by atoms with Gasteiger partial charge in [-0.3, -0.25) is 4.79 Å². The van der Waals surface area contributed by atoms with E-state index in [1.54, 1.807) is 24.3 Å². The van der Waals surface area contributed by atoms with Crippen LogP contribution in [-0.4, -0.2) is 19.0 Å². The van der Waals surface area contributed by atoms with Gasteiger partial charge in [-0.15, -0.1) is 0 Å². The normalized spacial score (nSPS) is 15.3. The number of carbonyl (C=O) groups excluding carboxylic acids is 1. The van der Waals surface area contributed by atoms with Crippen molar-refractivity contribution in [2.75, 3.05) is 23.3 Å². The van der Waals surface area contributed by atoms with Gasteiger partial charge in [-0.25, -0.2) is 0 Å². The monoisotopic (exact) mass is 396 g/mol. The minimum atomic E-state index is -0.317. The Bertz CT molecular complexity index is 786. The number of hydrogen-bond donors (Lipinski definition) is 1. The first-order valence-electron chi connectivity index (χ1n) is 8.25. The minimum Gasteiger partial charge on any atom is -0.370 e. The molecule has 1 aliphatic rings. The van der Waals surface area contributed by atoms with E-state index in [4.69, 9.17) is 34.8 Å². The molecule has 132 valence electrons. The molecule has 0 unspecified atom stereocenters. The minimum absolute atomic E-state index is 0.317. The number of benzene rings is 2. The van der Waals surface area contributed by atoms with Crippen molar-refractivity contribution in [3.05, 3.63) is 57.0 Å². The molecule has 25 heavy (non-hydrogen) atoms. The van der Waals surface area contributed by atoms with Crippen LogP contribution in [0.3, 0.4) is 0 Å². The standard InChI is InChI=1S/C19H19Cl3N2O/c1-12-6-8-24(9-7-12)18-5-3-14(11-17(18)22)23-19(25)15-10-13(20)2-4-16(15)21/h2-5,10-12H,6-9H2,1H3,(H,23,25). The Morgan fingerprint density at radius 3 is 2.44 bits per heavy atom. The van der Waals surface area contributed by atoms with Gasteiger partial charge in [0.25, 0.3) is 5.91 Å². The average Bonchev–Trinajstić information content (AvgIpc) is 2.58. The quantitative estimate of drug-likeness (QED) is 0.675. The third kappa shape index (κ3) is 4.41. The van der Waals surface area contributed by atoms with Gasteiger partial charge in [-0.1, -0.05) is 41.7 Å². The van der Waals surface area contributed by atoms with E-state index in [-0.39, 0.29) is 5.91 Å². The smallest absolute Gasteiger partial charge is 0.257 e. The Balaban J connectivity index is 1.74. The zero-order valence-corrected chi connectivity index (χ0v) is 16.1. The van der Waals surface area contributed by atoms with Crippen molar-refractivity contribution in [2.45, 2.75) is 19.8 Å². The zero-order valence-electron chi connectivity index (χ0n) is 13.9. The number of amides is 1. The van der Waals surface area contributed by atoms with Crippen LogP contribution in [-0.2, 0) is 0 Å². The van der Waals surface area contributed by atoms with Crippen molar-refractivity contribution in [3.63, 3.8) is 0 Å². The third-order valence-corrected chi connectivity index (χ3v) is 5.37. The van der Waals surface area contributed by atoms with Gasteiger partial charge in [-0.2, -0.15) is 0 Å². The molecular formula is C19H19Cl3N2O. The van der Waals surface area contributed by atoms with Gasteiger partial charge in [-0.05, 0) is 55.2 Å². The first-order chi connectivity index (χ1) is 11.9. The van der Waals surface area contributed by atoms with Crippen LogP contribution in [0.25, 0.3) is 0 Å². The molecule has 6 heteroatoms. The molecule has 0 bridgehead atoms. The molecule has 3 nitrogen and oxygen atoms in total. The second kappa shape index (κ2) is 7.86. The molecule has 0 radical (unpaired) electrons. The highest BCUT2D eigenvalue weighted by Crippen LogP contribution is 2.32. The molecule has 2 aromatic carbocycles. The van der Waals surface area contributed by atoms with Crippen LogP contribution in [0, 0.1) is 5.92 Å².